The number of nitrogens with one attached hydrogen (secondary N) is 1. The molecule has 0 amide bonds. The van der Waals surface area contributed by atoms with E-state index >= 15 is 0 Å². The van der Waals surface area contributed by atoms with Crippen LogP contribution in [0.4, 0.5) is 13.2 Å². The Labute approximate surface area is 102 Å². The third-order valence-corrected chi connectivity index (χ3v) is 3.39. The molecule has 0 radical (unpaired) electrons. The molecule has 0 unspecified atom stereocenters. The number of rotatable bonds is 5. The van der Waals surface area contributed by atoms with Gasteiger partial charge in [0.2, 0.25) is 0 Å². The van der Waals surface area contributed by atoms with E-state index in [1.54, 1.807) is 6.92 Å². The Morgan fingerprint density at radius 3 is 2.56 bits per heavy atom. The van der Waals surface area contributed by atoms with E-state index in [0.717, 1.165) is 11.4 Å². The molecule has 6 nitrogen and oxygen atoms in total. The summed E-state index contributed by atoms with van der Waals surface area (Å²) in [6.07, 6.45) is -4.60. The predicted molar refractivity (Wildman–Crippen MR) is 55.7 cm³/mol. The summed E-state index contributed by atoms with van der Waals surface area (Å²) >= 11 is 0. The van der Waals surface area contributed by atoms with Crippen molar-refractivity contribution in [1.29, 1.82) is 0 Å². The summed E-state index contributed by atoms with van der Waals surface area (Å²) in [5.41, 5.74) is 0.312. The van der Waals surface area contributed by atoms with E-state index in [9.17, 15) is 21.6 Å². The van der Waals surface area contributed by atoms with Crippen molar-refractivity contribution in [3.05, 3.63) is 17.5 Å². The molecular weight excluding hydrogens is 275 g/mol. The molecule has 18 heavy (non-hydrogen) atoms. The lowest BCUT2D eigenvalue weighted by atomic mass is 10.4. The van der Waals surface area contributed by atoms with E-state index in [-0.39, 0.29) is 6.54 Å². The lowest BCUT2D eigenvalue weighted by Crippen LogP contribution is -2.42. The lowest BCUT2D eigenvalue weighted by molar-refractivity contribution is -0.121. The van der Waals surface area contributed by atoms with Crippen LogP contribution in [-0.2, 0) is 16.8 Å². The second-order valence-corrected chi connectivity index (χ2v) is 5.49. The molecule has 0 spiro atoms. The van der Waals surface area contributed by atoms with Gasteiger partial charge >= 0.3 is 6.18 Å². The fourth-order valence-corrected chi connectivity index (χ4v) is 1.96. The summed E-state index contributed by atoms with van der Waals surface area (Å²) in [7, 11) is -3.06. The molecule has 0 atom stereocenters. The first kappa shape index (κ1) is 14.9. The van der Waals surface area contributed by atoms with Crippen LogP contribution >= 0.6 is 0 Å². The van der Waals surface area contributed by atoms with Gasteiger partial charge in [-0.1, -0.05) is 5.16 Å². The van der Waals surface area contributed by atoms with Crippen molar-refractivity contribution in [2.75, 3.05) is 13.6 Å². The highest BCUT2D eigenvalue weighted by Gasteiger charge is 2.31. The minimum Gasteiger partial charge on any atom is -0.361 e. The zero-order chi connectivity index (χ0) is 14.0. The van der Waals surface area contributed by atoms with Gasteiger partial charge in [-0.2, -0.15) is 30.6 Å². The van der Waals surface area contributed by atoms with Crippen molar-refractivity contribution in [3.63, 3.8) is 0 Å². The zero-order valence-corrected chi connectivity index (χ0v) is 10.5. The maximum absolute atomic E-state index is 11.9. The SMILES string of the molecule is Cc1cc(CN(C)S(=O)(=O)NCC(F)(F)F)no1. The van der Waals surface area contributed by atoms with Crippen molar-refractivity contribution in [3.8, 4) is 0 Å². The lowest BCUT2D eigenvalue weighted by Gasteiger charge is -2.17. The zero-order valence-electron chi connectivity index (χ0n) is 9.65. The van der Waals surface area contributed by atoms with Crippen LogP contribution in [0.25, 0.3) is 0 Å². The largest absolute Gasteiger partial charge is 0.402 e. The molecule has 1 N–H and O–H groups in total. The molecule has 0 aliphatic rings. The van der Waals surface area contributed by atoms with Crippen molar-refractivity contribution in [1.82, 2.24) is 14.2 Å². The van der Waals surface area contributed by atoms with Crippen molar-refractivity contribution in [2.45, 2.75) is 19.6 Å². The Hall–Kier alpha value is -1.13. The molecule has 0 fully saturated rings. The summed E-state index contributed by atoms with van der Waals surface area (Å²) in [5.74, 6) is 0.485. The Bertz CT molecular complexity index is 497. The van der Waals surface area contributed by atoms with Crippen LogP contribution in [0.5, 0.6) is 0 Å². The van der Waals surface area contributed by atoms with Gasteiger partial charge in [0.25, 0.3) is 10.2 Å². The predicted octanol–water partition coefficient (Wildman–Crippen LogP) is 0.812. The Morgan fingerprint density at radius 2 is 2.11 bits per heavy atom. The van der Waals surface area contributed by atoms with Crippen LogP contribution in [0.1, 0.15) is 11.5 Å². The fraction of sp³-hybridized carbons (Fsp3) is 0.625. The van der Waals surface area contributed by atoms with Gasteiger partial charge in [0, 0.05) is 13.1 Å². The maximum Gasteiger partial charge on any atom is 0.402 e. The van der Waals surface area contributed by atoms with Gasteiger partial charge in [0.15, 0.2) is 0 Å². The van der Waals surface area contributed by atoms with Crippen LogP contribution in [0.3, 0.4) is 0 Å². The number of aromatic nitrogens is 1. The van der Waals surface area contributed by atoms with Crippen LogP contribution < -0.4 is 4.72 Å². The Kier molecular flexibility index (Phi) is 4.35. The summed E-state index contributed by atoms with van der Waals surface area (Å²) in [6, 6.07) is 1.50. The monoisotopic (exact) mass is 287 g/mol. The van der Waals surface area contributed by atoms with Gasteiger partial charge in [0.05, 0.1) is 12.2 Å². The van der Waals surface area contributed by atoms with Crippen molar-refractivity contribution in [2.24, 2.45) is 0 Å². The minimum atomic E-state index is -4.60. The summed E-state index contributed by atoms with van der Waals surface area (Å²) in [5, 5.41) is 3.55. The number of hydrogen-bond acceptors (Lipinski definition) is 4. The molecule has 10 heteroatoms. The Balaban J connectivity index is 2.62. The molecule has 1 aromatic heterocycles. The summed E-state index contributed by atoms with van der Waals surface area (Å²) < 4.78 is 65.5. The molecule has 0 aliphatic carbocycles. The second kappa shape index (κ2) is 5.24. The van der Waals surface area contributed by atoms with Crippen LogP contribution in [0.2, 0.25) is 0 Å². The number of hydrogen-bond donors (Lipinski definition) is 1. The third-order valence-electron chi connectivity index (χ3n) is 1.93. The first-order chi connectivity index (χ1) is 8.10. The smallest absolute Gasteiger partial charge is 0.361 e. The van der Waals surface area contributed by atoms with E-state index in [2.05, 4.69) is 5.16 Å². The molecule has 1 heterocycles. The molecule has 0 saturated carbocycles. The number of halogens is 3. The first-order valence-electron chi connectivity index (χ1n) is 4.80. The first-order valence-corrected chi connectivity index (χ1v) is 6.24. The third kappa shape index (κ3) is 4.63. The average Bonchev–Trinajstić information content (AvgIpc) is 2.60. The van der Waals surface area contributed by atoms with Gasteiger partial charge in [-0.15, -0.1) is 0 Å². The fourth-order valence-electron chi connectivity index (χ4n) is 1.09. The van der Waals surface area contributed by atoms with E-state index in [1.807, 2.05) is 0 Å². The highest BCUT2D eigenvalue weighted by Crippen LogP contribution is 2.14. The molecule has 0 aromatic carbocycles. The van der Waals surface area contributed by atoms with Crippen molar-refractivity contribution < 1.29 is 26.1 Å². The van der Waals surface area contributed by atoms with Gasteiger partial charge in [-0.3, -0.25) is 0 Å². The molecular formula is C8H12F3N3O3S. The standard InChI is InChI=1S/C8H12F3N3O3S/c1-6-3-7(13-17-6)4-14(2)18(15,16)12-5-8(9,10)11/h3,12H,4-5H2,1-2H3. The average molecular weight is 287 g/mol. The molecule has 1 aromatic rings. The summed E-state index contributed by atoms with van der Waals surface area (Å²) in [4.78, 5) is 0. The van der Waals surface area contributed by atoms with E-state index in [4.69, 9.17) is 4.52 Å². The van der Waals surface area contributed by atoms with Crippen LogP contribution in [0.15, 0.2) is 10.6 Å². The quantitative estimate of drug-likeness (QED) is 0.869. The maximum atomic E-state index is 11.9. The van der Waals surface area contributed by atoms with Crippen LogP contribution in [0, 0.1) is 6.92 Å². The van der Waals surface area contributed by atoms with Gasteiger partial charge in [0.1, 0.15) is 12.3 Å². The minimum absolute atomic E-state index is 0.176. The Morgan fingerprint density at radius 1 is 1.50 bits per heavy atom. The highest BCUT2D eigenvalue weighted by molar-refractivity contribution is 7.87. The van der Waals surface area contributed by atoms with Gasteiger partial charge in [-0.05, 0) is 6.92 Å². The van der Waals surface area contributed by atoms with E-state index in [1.165, 1.54) is 10.8 Å². The second-order valence-electron chi connectivity index (χ2n) is 3.63. The number of alkyl halides is 3. The topological polar surface area (TPSA) is 75.4 Å². The number of aryl methyl sites for hydroxylation is 1. The molecule has 0 saturated heterocycles. The molecule has 0 aliphatic heterocycles. The molecule has 104 valence electrons. The van der Waals surface area contributed by atoms with Crippen LogP contribution in [-0.4, -0.2) is 37.6 Å². The van der Waals surface area contributed by atoms with E-state index < -0.39 is 22.9 Å². The number of nitrogens with zero attached hydrogens (tertiary/aromatic N) is 2. The summed E-state index contributed by atoms with van der Waals surface area (Å²) in [6.45, 7) is -0.172. The van der Waals surface area contributed by atoms with Gasteiger partial charge < -0.3 is 4.52 Å². The van der Waals surface area contributed by atoms with E-state index in [0.29, 0.717) is 11.5 Å². The normalized spacial score (nSPS) is 13.2. The molecule has 0 bridgehead atoms. The highest BCUT2D eigenvalue weighted by atomic mass is 32.2. The van der Waals surface area contributed by atoms with Crippen molar-refractivity contribution >= 4 is 10.2 Å². The van der Waals surface area contributed by atoms with Gasteiger partial charge in [-0.25, -0.2) is 0 Å². The molecule has 1 rings (SSSR count).